The molecule has 4 N–H and O–H groups in total. The van der Waals surface area contributed by atoms with Crippen molar-refractivity contribution in [2.45, 2.75) is 89.9 Å². The molecule has 72 heavy (non-hydrogen) atoms. The molecule has 6 aromatic rings. The van der Waals surface area contributed by atoms with Crippen LogP contribution in [0.3, 0.4) is 0 Å². The second kappa shape index (κ2) is 21.1. The van der Waals surface area contributed by atoms with Gasteiger partial charge in [0.05, 0.1) is 74.4 Å². The van der Waals surface area contributed by atoms with Gasteiger partial charge in [0, 0.05) is 60.7 Å². The van der Waals surface area contributed by atoms with Crippen molar-refractivity contribution in [1.29, 1.82) is 0 Å². The Bertz CT molecular complexity index is 2950. The zero-order chi connectivity index (χ0) is 50.8. The summed E-state index contributed by atoms with van der Waals surface area (Å²) < 4.78 is 45.3. The van der Waals surface area contributed by atoms with Crippen LogP contribution in [0.1, 0.15) is 88.9 Å². The number of carbonyl (C=O) groups excluding carboxylic acids is 4. The van der Waals surface area contributed by atoms with Crippen molar-refractivity contribution >= 4 is 34.9 Å². The Morgan fingerprint density at radius 2 is 1.44 bits per heavy atom. The fraction of sp³-hybridized carbons (Fsp3) is 0.434. The molecule has 2 saturated heterocycles. The molecular weight excluding hydrogens is 926 g/mol. The number of rotatable bonds is 16. The number of benzene rings is 3. The Labute approximate surface area is 416 Å². The van der Waals surface area contributed by atoms with E-state index in [1.807, 2.05) is 82.3 Å². The van der Waals surface area contributed by atoms with Gasteiger partial charge in [-0.2, -0.15) is 0 Å². The van der Waals surface area contributed by atoms with Gasteiger partial charge in [-0.25, -0.2) is 23.9 Å². The first-order chi connectivity index (χ1) is 34.8. The number of amides is 4. The number of alkyl halides is 1. The number of hydrogen-bond donors (Lipinski definition) is 4. The monoisotopic (exact) mass is 987 g/mol. The molecule has 0 aliphatic carbocycles. The minimum absolute atomic E-state index is 0.0625. The molecule has 2 unspecified atom stereocenters. The van der Waals surface area contributed by atoms with Crippen LogP contribution in [0.2, 0.25) is 0 Å². The van der Waals surface area contributed by atoms with Crippen LogP contribution in [0.5, 0.6) is 11.5 Å². The van der Waals surface area contributed by atoms with E-state index in [4.69, 9.17) is 28.7 Å². The summed E-state index contributed by atoms with van der Waals surface area (Å²) in [6, 6.07) is 19.6. The molecule has 0 spiro atoms. The third kappa shape index (κ3) is 9.93. The number of hydrogen-bond acceptors (Lipinski definition) is 11. The normalized spacial score (nSPS) is 19.2. The van der Waals surface area contributed by atoms with E-state index in [0.717, 1.165) is 63.8 Å². The summed E-state index contributed by atoms with van der Waals surface area (Å²) in [6.07, 6.45) is 2.53. The van der Waals surface area contributed by atoms with Crippen molar-refractivity contribution in [2.75, 3.05) is 47.6 Å². The van der Waals surface area contributed by atoms with E-state index in [9.17, 15) is 19.2 Å². The third-order valence-corrected chi connectivity index (χ3v) is 13.8. The predicted molar refractivity (Wildman–Crippen MR) is 266 cm³/mol. The van der Waals surface area contributed by atoms with Gasteiger partial charge in [0.2, 0.25) is 18.0 Å². The fourth-order valence-corrected chi connectivity index (χ4v) is 10.1. The zero-order valence-corrected chi connectivity index (χ0v) is 41.6. The molecule has 0 saturated carbocycles. The number of ether oxygens (including phenoxy) is 5. The molecule has 18 nitrogen and oxygen atoms in total. The Hall–Kier alpha value is -7.41. The maximum absolute atomic E-state index is 15.1. The third-order valence-electron chi connectivity index (χ3n) is 13.8. The highest BCUT2D eigenvalue weighted by molar-refractivity contribution is 5.93. The van der Waals surface area contributed by atoms with Gasteiger partial charge in [-0.3, -0.25) is 9.59 Å². The van der Waals surface area contributed by atoms with Crippen LogP contribution in [0, 0.1) is 11.8 Å². The van der Waals surface area contributed by atoms with Crippen molar-refractivity contribution in [3.63, 3.8) is 0 Å². The fourth-order valence-electron chi connectivity index (χ4n) is 10.1. The van der Waals surface area contributed by atoms with Crippen molar-refractivity contribution in [2.24, 2.45) is 11.8 Å². The number of aromatic nitrogens is 5. The lowest BCUT2D eigenvalue weighted by Gasteiger charge is -2.31. The molecule has 2 fully saturated rings. The molecule has 3 aliphatic rings. The molecule has 9 rings (SSSR count). The number of aromatic amines is 2. The van der Waals surface area contributed by atoms with Crippen molar-refractivity contribution < 1.29 is 47.3 Å². The van der Waals surface area contributed by atoms with E-state index >= 15 is 4.39 Å². The Morgan fingerprint density at radius 3 is 2.11 bits per heavy atom. The van der Waals surface area contributed by atoms with Crippen molar-refractivity contribution in [3.05, 3.63) is 96.3 Å². The first-order valence-electron chi connectivity index (χ1n) is 24.5. The highest BCUT2D eigenvalue weighted by Gasteiger charge is 2.42. The molecule has 3 aromatic carbocycles. The van der Waals surface area contributed by atoms with Gasteiger partial charge in [0.25, 0.3) is 0 Å². The SMILES string of the molecule is COCCCOc1cccc(C2Oc3cc(-c4cnc([C@@H]5CCCN5C(=O)[C@@H](NC(=O)OC)C(C)C)[nH]4)ccc3-c3cc4cc(-c5cnc([C@@H]6CC(F)CN6C(=O)[C@@H](NC(=O)OC)C(C)C)[nH]5)ccc4n32)c1. The average molecular weight is 988 g/mol. The molecule has 380 valence electrons. The van der Waals surface area contributed by atoms with E-state index in [2.05, 4.69) is 42.3 Å². The highest BCUT2D eigenvalue weighted by Crippen LogP contribution is 2.47. The average Bonchev–Trinajstić information content (AvgIpc) is 4.25. The molecular formula is C53H62FN9O9. The Morgan fingerprint density at radius 1 is 0.792 bits per heavy atom. The maximum Gasteiger partial charge on any atom is 0.407 e. The standard InChI is InChI=1S/C53H62FN9O9/c1-29(2)45(59-52(66)69-6)49(64)61-18-9-13-41(61)47-55-27-39(57-47)32-14-16-37-42-23-34-21-31(38-26-56-48(58-38)43-25-35(54)28-62(43)50(65)46(30(3)4)60-53(67)70-7)15-17-40(34)63(42)51(72-44(37)24-32)33-11-8-12-36(22-33)71-20-10-19-68-5/h8,11-12,14-17,21-24,26-27,29-30,35,41,43,45-46,51H,9-10,13,18-20,25,28H2,1-7H3,(H,55,57)(H,56,58)(H,59,66)(H,60,67)/t35?,41-,43-,45-,46-,51?/m0/s1. The second-order valence-electron chi connectivity index (χ2n) is 19.2. The summed E-state index contributed by atoms with van der Waals surface area (Å²) >= 11 is 0. The number of alkyl carbamates (subject to hydrolysis) is 2. The van der Waals surface area contributed by atoms with Gasteiger partial charge >= 0.3 is 12.2 Å². The summed E-state index contributed by atoms with van der Waals surface area (Å²) in [5.41, 5.74) is 6.71. The van der Waals surface area contributed by atoms with Crippen LogP contribution in [-0.2, 0) is 23.8 Å². The van der Waals surface area contributed by atoms with Gasteiger partial charge in [0.15, 0.2) is 0 Å². The quantitative estimate of drug-likeness (QED) is 0.0677. The first kappa shape index (κ1) is 49.6. The van der Waals surface area contributed by atoms with Crippen LogP contribution in [0.4, 0.5) is 14.0 Å². The first-order valence-corrected chi connectivity index (χ1v) is 24.5. The van der Waals surface area contributed by atoms with E-state index in [-0.39, 0.29) is 36.8 Å². The minimum atomic E-state index is -1.27. The molecule has 3 aliphatic heterocycles. The maximum atomic E-state index is 15.1. The van der Waals surface area contributed by atoms with E-state index in [1.54, 1.807) is 24.4 Å². The number of imidazole rings is 2. The van der Waals surface area contributed by atoms with Crippen LogP contribution >= 0.6 is 0 Å². The summed E-state index contributed by atoms with van der Waals surface area (Å²) in [4.78, 5) is 71.6. The zero-order valence-electron chi connectivity index (χ0n) is 41.6. The smallest absolute Gasteiger partial charge is 0.407 e. The van der Waals surface area contributed by atoms with Crippen LogP contribution in [0.15, 0.2) is 79.1 Å². The van der Waals surface area contributed by atoms with Gasteiger partial charge in [-0.15, -0.1) is 0 Å². The van der Waals surface area contributed by atoms with Gasteiger partial charge in [0.1, 0.15) is 41.4 Å². The lowest BCUT2D eigenvalue weighted by molar-refractivity contribution is -0.136. The van der Waals surface area contributed by atoms with Gasteiger partial charge < -0.3 is 58.7 Å². The number of fused-ring (bicyclic) bond motifs is 5. The number of nitrogens with one attached hydrogen (secondary N) is 4. The largest absolute Gasteiger partial charge is 0.493 e. The summed E-state index contributed by atoms with van der Waals surface area (Å²) in [7, 11) is 4.18. The van der Waals surface area contributed by atoms with Crippen LogP contribution < -0.4 is 20.1 Å². The minimum Gasteiger partial charge on any atom is -0.493 e. The number of nitrogens with zero attached hydrogens (tertiary/aromatic N) is 5. The van der Waals surface area contributed by atoms with Crippen LogP contribution in [-0.4, -0.2) is 124 Å². The molecule has 6 heterocycles. The number of H-pyrrole nitrogens is 2. The molecule has 4 amide bonds. The number of carbonyl (C=O) groups is 4. The van der Waals surface area contributed by atoms with Crippen molar-refractivity contribution in [3.8, 4) is 45.3 Å². The lowest BCUT2D eigenvalue weighted by Crippen LogP contribution is -2.51. The number of likely N-dealkylation sites (tertiary alicyclic amines) is 2. The Kier molecular flexibility index (Phi) is 14.5. The summed E-state index contributed by atoms with van der Waals surface area (Å²) in [6.45, 7) is 8.89. The molecule has 0 bridgehead atoms. The van der Waals surface area contributed by atoms with Crippen LogP contribution in [0.25, 0.3) is 44.7 Å². The molecule has 3 aromatic heterocycles. The van der Waals surface area contributed by atoms with E-state index < -0.39 is 48.6 Å². The van der Waals surface area contributed by atoms with E-state index in [0.29, 0.717) is 48.6 Å². The lowest BCUT2D eigenvalue weighted by atomic mass is 10.0. The highest BCUT2D eigenvalue weighted by atomic mass is 19.1. The topological polar surface area (TPSA) is 207 Å². The summed E-state index contributed by atoms with van der Waals surface area (Å²) in [5.74, 6) is 1.45. The Balaban J connectivity index is 1.03. The van der Waals surface area contributed by atoms with Gasteiger partial charge in [-0.1, -0.05) is 52.0 Å². The summed E-state index contributed by atoms with van der Waals surface area (Å²) in [5, 5.41) is 6.26. The number of methoxy groups -OCH3 is 3. The van der Waals surface area contributed by atoms with Gasteiger partial charge in [-0.05, 0) is 67.1 Å². The van der Waals surface area contributed by atoms with E-state index in [1.165, 1.54) is 19.1 Å². The molecule has 19 heteroatoms. The molecule has 6 atom stereocenters. The van der Waals surface area contributed by atoms with Crippen molar-refractivity contribution in [1.82, 2.24) is 44.9 Å². The molecule has 0 radical (unpaired) electrons. The number of halogens is 1. The predicted octanol–water partition coefficient (Wildman–Crippen LogP) is 8.48. The second-order valence-corrected chi connectivity index (χ2v) is 19.2.